The SMILES string of the molecule is CN/C(=C\C(=N)N1CCN(CCO)CC1)Nc1nccc2nc(-c3c(Cl)cccc3Cl)sc12. The number of benzene rings is 1. The average Bonchev–Trinajstić information content (AvgIpc) is 3.24. The maximum atomic E-state index is 9.11. The van der Waals surface area contributed by atoms with Gasteiger partial charge < -0.3 is 20.6 Å². The summed E-state index contributed by atoms with van der Waals surface area (Å²) in [5, 5.41) is 25.9. The molecule has 1 saturated heterocycles. The van der Waals surface area contributed by atoms with E-state index in [9.17, 15) is 0 Å². The summed E-state index contributed by atoms with van der Waals surface area (Å²) >= 11 is 14.2. The second-order valence-electron chi connectivity index (χ2n) is 7.49. The smallest absolute Gasteiger partial charge is 0.151 e. The van der Waals surface area contributed by atoms with Crippen LogP contribution in [0.15, 0.2) is 42.4 Å². The molecule has 1 aliphatic heterocycles. The van der Waals surface area contributed by atoms with Crippen LogP contribution in [-0.2, 0) is 0 Å². The molecule has 33 heavy (non-hydrogen) atoms. The molecule has 11 heteroatoms. The Morgan fingerprint density at radius 3 is 2.61 bits per heavy atom. The molecule has 4 N–H and O–H groups in total. The molecule has 1 fully saturated rings. The number of anilines is 1. The van der Waals surface area contributed by atoms with Crippen molar-refractivity contribution in [3.63, 3.8) is 0 Å². The largest absolute Gasteiger partial charge is 0.395 e. The minimum Gasteiger partial charge on any atom is -0.395 e. The molecule has 4 rings (SSSR count). The van der Waals surface area contributed by atoms with Crippen molar-refractivity contribution in [2.45, 2.75) is 0 Å². The van der Waals surface area contributed by atoms with Crippen LogP contribution in [-0.4, -0.2) is 77.1 Å². The van der Waals surface area contributed by atoms with Crippen molar-refractivity contribution in [2.75, 3.05) is 51.7 Å². The first-order valence-electron chi connectivity index (χ1n) is 10.5. The van der Waals surface area contributed by atoms with E-state index in [-0.39, 0.29) is 6.61 Å². The monoisotopic (exact) mass is 505 g/mol. The van der Waals surface area contributed by atoms with Crippen molar-refractivity contribution in [1.29, 1.82) is 5.41 Å². The van der Waals surface area contributed by atoms with Crippen molar-refractivity contribution in [1.82, 2.24) is 25.1 Å². The molecule has 0 atom stereocenters. The Balaban J connectivity index is 1.55. The van der Waals surface area contributed by atoms with Crippen molar-refractivity contribution in [2.24, 2.45) is 0 Å². The molecule has 3 heterocycles. The summed E-state index contributed by atoms with van der Waals surface area (Å²) in [4.78, 5) is 13.4. The van der Waals surface area contributed by atoms with E-state index < -0.39 is 0 Å². The van der Waals surface area contributed by atoms with Gasteiger partial charge in [0.1, 0.15) is 16.7 Å². The number of piperazine rings is 1. The van der Waals surface area contributed by atoms with Crippen molar-refractivity contribution >= 4 is 56.4 Å². The number of rotatable bonds is 7. The third-order valence-corrected chi connectivity index (χ3v) is 7.14. The van der Waals surface area contributed by atoms with E-state index >= 15 is 0 Å². The summed E-state index contributed by atoms with van der Waals surface area (Å²) in [7, 11) is 1.80. The maximum absolute atomic E-state index is 9.11. The molecular weight excluding hydrogens is 481 g/mol. The lowest BCUT2D eigenvalue weighted by atomic mass is 10.2. The van der Waals surface area contributed by atoms with Crippen LogP contribution >= 0.6 is 34.5 Å². The highest BCUT2D eigenvalue weighted by molar-refractivity contribution is 7.22. The third-order valence-electron chi connectivity index (χ3n) is 5.41. The molecule has 8 nitrogen and oxygen atoms in total. The Bertz CT molecular complexity index is 1150. The van der Waals surface area contributed by atoms with Crippen LogP contribution in [0.1, 0.15) is 0 Å². The molecule has 2 aromatic heterocycles. The average molecular weight is 506 g/mol. The van der Waals surface area contributed by atoms with Gasteiger partial charge in [0.2, 0.25) is 0 Å². The number of nitrogens with one attached hydrogen (secondary N) is 3. The predicted molar refractivity (Wildman–Crippen MR) is 136 cm³/mol. The number of aliphatic hydroxyl groups is 1. The van der Waals surface area contributed by atoms with Gasteiger partial charge in [-0.3, -0.25) is 10.3 Å². The standard InChI is InChI=1S/C22H25Cl2N7OS/c1-26-18(13-17(25)31-9-7-30(8-10-31)11-12-32)29-21-20-16(5-6-27-21)28-22(33-20)19-14(23)3-2-4-15(19)24/h2-6,13,25-26,32H,7-12H2,1H3,(H,27,29)/b18-13+,25-17?. The van der Waals surface area contributed by atoms with Gasteiger partial charge >= 0.3 is 0 Å². The number of pyridine rings is 1. The molecular formula is C22H25Cl2N7OS. The van der Waals surface area contributed by atoms with Crippen molar-refractivity contribution in [3.05, 3.63) is 52.4 Å². The normalized spacial score (nSPS) is 15.2. The summed E-state index contributed by atoms with van der Waals surface area (Å²) in [6, 6.07) is 7.25. The number of hydrogen-bond acceptors (Lipinski definition) is 8. The highest BCUT2D eigenvalue weighted by atomic mass is 35.5. The second-order valence-corrected chi connectivity index (χ2v) is 9.31. The Morgan fingerprint density at radius 2 is 1.94 bits per heavy atom. The van der Waals surface area contributed by atoms with E-state index in [0.29, 0.717) is 39.6 Å². The minimum absolute atomic E-state index is 0.158. The van der Waals surface area contributed by atoms with Gasteiger partial charge in [-0.2, -0.15) is 0 Å². The molecule has 0 radical (unpaired) electrons. The van der Waals surface area contributed by atoms with E-state index in [0.717, 1.165) is 41.4 Å². The molecule has 0 spiro atoms. The Hall–Kier alpha value is -2.43. The van der Waals surface area contributed by atoms with Crippen LogP contribution in [0.2, 0.25) is 10.0 Å². The van der Waals surface area contributed by atoms with Gasteiger partial charge in [-0.05, 0) is 18.2 Å². The lowest BCUT2D eigenvalue weighted by molar-refractivity contribution is 0.147. The molecule has 174 valence electrons. The fourth-order valence-corrected chi connectivity index (χ4v) is 5.40. The van der Waals surface area contributed by atoms with E-state index in [4.69, 9.17) is 38.7 Å². The number of fused-ring (bicyclic) bond motifs is 1. The lowest BCUT2D eigenvalue weighted by Gasteiger charge is -2.35. The molecule has 3 aromatic rings. The number of amidine groups is 1. The summed E-state index contributed by atoms with van der Waals surface area (Å²) in [5.74, 6) is 1.71. The molecule has 0 amide bonds. The molecule has 0 unspecified atom stereocenters. The number of hydrogen-bond donors (Lipinski definition) is 4. The zero-order valence-electron chi connectivity index (χ0n) is 18.1. The number of aliphatic hydroxyl groups excluding tert-OH is 1. The van der Waals surface area contributed by atoms with Gasteiger partial charge in [-0.15, -0.1) is 11.3 Å². The molecule has 0 saturated carbocycles. The van der Waals surface area contributed by atoms with E-state index in [1.807, 2.05) is 17.0 Å². The molecule has 0 aliphatic carbocycles. The Labute approximate surface area is 206 Å². The lowest BCUT2D eigenvalue weighted by Crippen LogP contribution is -2.48. The van der Waals surface area contributed by atoms with Crippen LogP contribution in [0.25, 0.3) is 20.8 Å². The van der Waals surface area contributed by atoms with Crippen LogP contribution < -0.4 is 10.6 Å². The Kier molecular flexibility index (Phi) is 7.67. The number of aromatic nitrogens is 2. The fraction of sp³-hybridized carbons (Fsp3) is 0.318. The van der Waals surface area contributed by atoms with Crippen molar-refractivity contribution in [3.8, 4) is 10.6 Å². The van der Waals surface area contributed by atoms with Crippen LogP contribution in [0.3, 0.4) is 0 Å². The van der Waals surface area contributed by atoms with Crippen molar-refractivity contribution < 1.29 is 5.11 Å². The summed E-state index contributed by atoms with van der Waals surface area (Å²) in [6.45, 7) is 3.98. The molecule has 1 aliphatic rings. The van der Waals surface area contributed by atoms with Gasteiger partial charge in [0.05, 0.1) is 26.9 Å². The van der Waals surface area contributed by atoms with E-state index in [2.05, 4.69) is 20.5 Å². The third kappa shape index (κ3) is 5.39. The fourth-order valence-electron chi connectivity index (χ4n) is 3.63. The summed E-state index contributed by atoms with van der Waals surface area (Å²) < 4.78 is 0.869. The first-order valence-corrected chi connectivity index (χ1v) is 12.1. The maximum Gasteiger partial charge on any atom is 0.151 e. The van der Waals surface area contributed by atoms with Gasteiger partial charge in [0.15, 0.2) is 5.82 Å². The van der Waals surface area contributed by atoms with E-state index in [1.54, 1.807) is 31.5 Å². The molecule has 0 bridgehead atoms. The number of β-amino-alcohol motifs (C(OH)–C–C–N with tert-alkyl or cyclic N) is 1. The van der Waals surface area contributed by atoms with Crippen LogP contribution in [0.5, 0.6) is 0 Å². The topological polar surface area (TPSA) is 100 Å². The van der Waals surface area contributed by atoms with E-state index in [1.165, 1.54) is 11.3 Å². The summed E-state index contributed by atoms with van der Waals surface area (Å²) in [5.41, 5.74) is 1.49. The van der Waals surface area contributed by atoms with Gasteiger partial charge in [0, 0.05) is 57.6 Å². The highest BCUT2D eigenvalue weighted by Gasteiger charge is 2.19. The summed E-state index contributed by atoms with van der Waals surface area (Å²) in [6.07, 6.45) is 3.45. The second kappa shape index (κ2) is 10.7. The van der Waals surface area contributed by atoms with Gasteiger partial charge in [0.25, 0.3) is 0 Å². The quantitative estimate of drug-likeness (QED) is 0.286. The first-order chi connectivity index (χ1) is 16.0. The Morgan fingerprint density at radius 1 is 1.21 bits per heavy atom. The van der Waals surface area contributed by atoms with Crippen LogP contribution in [0.4, 0.5) is 5.82 Å². The number of halogens is 2. The minimum atomic E-state index is 0.158. The number of thiazole rings is 1. The molecule has 1 aromatic carbocycles. The van der Waals surface area contributed by atoms with Gasteiger partial charge in [-0.25, -0.2) is 9.97 Å². The predicted octanol–water partition coefficient (Wildman–Crippen LogP) is 3.72. The first kappa shape index (κ1) is 23.7. The number of nitrogens with zero attached hydrogens (tertiary/aromatic N) is 4. The van der Waals surface area contributed by atoms with Gasteiger partial charge in [-0.1, -0.05) is 29.3 Å². The zero-order valence-corrected chi connectivity index (χ0v) is 20.4. The van der Waals surface area contributed by atoms with Crippen LogP contribution in [0, 0.1) is 5.41 Å². The highest BCUT2D eigenvalue weighted by Crippen LogP contribution is 2.40. The zero-order chi connectivity index (χ0) is 23.4.